The molecule has 0 unspecified atom stereocenters. The van der Waals surface area contributed by atoms with Crippen molar-refractivity contribution in [1.29, 1.82) is 0 Å². The maximum absolute atomic E-state index is 10.2. The number of unbranched alkanes of at least 4 members (excludes halogenated alkanes) is 10. The van der Waals surface area contributed by atoms with Crippen LogP contribution in [0.5, 0.6) is 23.4 Å². The van der Waals surface area contributed by atoms with Crippen molar-refractivity contribution in [3.63, 3.8) is 0 Å². The summed E-state index contributed by atoms with van der Waals surface area (Å²) in [4.78, 5) is 28.4. The molecule has 23 nitrogen and oxygen atoms in total. The van der Waals surface area contributed by atoms with E-state index in [1.165, 1.54) is 68.6 Å². The van der Waals surface area contributed by atoms with E-state index in [0.29, 0.717) is 75.2 Å². The molecule has 81 heavy (non-hydrogen) atoms. The quantitative estimate of drug-likeness (QED) is 0.0132. The molecule has 0 aliphatic rings. The Morgan fingerprint density at radius 2 is 1.01 bits per heavy atom. The van der Waals surface area contributed by atoms with Gasteiger partial charge in [-0.1, -0.05) is 120 Å². The van der Waals surface area contributed by atoms with Gasteiger partial charge >= 0.3 is 6.01 Å². The summed E-state index contributed by atoms with van der Waals surface area (Å²) < 4.78 is 22.5. The molecular formula is C58H90N14O9. The van der Waals surface area contributed by atoms with Crippen LogP contribution < -0.4 is 56.6 Å². The standard InChI is InChI=1S/C26H35N5O3.C20H38N4O3.C7H11N3O2.C5H6N2O/c1-18-7-9-22(20(3)15-18)33-13-5-11-27-24-17-25(30-26(29-24)31-32)28-12-6-14-34-23-10-8-19(2)16-21(23)4;1-3-5-7-9-11-13-15-24(26)20-21-18(23-25)17-19(22-20)27-16-14-12-10-8-6-4-2;1-3-12-7-8-5(2)4-6(9-7)10-11;8-7-5-3-1-2-4-6-5/h7-10,15-17,32H,5-6,11-14H2,1-4H3,(H3,27,28,29,30,31);17,25-26H,3-16H2,1-2H3,(H,21,22,23);4,11H,3H2,1-2H3,(H,8,9,10);1-4,8H,(H,6,7). The summed E-state index contributed by atoms with van der Waals surface area (Å²) in [5.41, 5.74) is 13.3. The average Bonchev–Trinajstić information content (AvgIpc) is 3.47. The number of benzene rings is 2. The van der Waals surface area contributed by atoms with E-state index in [9.17, 15) is 10.4 Å². The first-order chi connectivity index (χ1) is 39.3. The minimum Gasteiger partial charge on any atom is -0.493 e. The lowest BCUT2D eigenvalue weighted by Gasteiger charge is -2.16. The lowest BCUT2D eigenvalue weighted by molar-refractivity contribution is 0.240. The smallest absolute Gasteiger partial charge is 0.318 e. The Morgan fingerprint density at radius 3 is 1.52 bits per heavy atom. The maximum atomic E-state index is 10.2. The van der Waals surface area contributed by atoms with Crippen LogP contribution in [0.1, 0.15) is 139 Å². The van der Waals surface area contributed by atoms with Gasteiger partial charge in [0.25, 0.3) is 11.9 Å². The summed E-state index contributed by atoms with van der Waals surface area (Å²) in [5, 5.41) is 53.0. The normalized spacial score (nSPS) is 10.3. The largest absolute Gasteiger partial charge is 0.493 e. The Bertz CT molecular complexity index is 2530. The van der Waals surface area contributed by atoms with E-state index in [0.717, 1.165) is 71.9 Å². The van der Waals surface area contributed by atoms with Crippen LogP contribution >= 0.6 is 0 Å². The number of hydroxylamine groups is 1. The van der Waals surface area contributed by atoms with Gasteiger partial charge in [0.2, 0.25) is 5.88 Å². The minimum atomic E-state index is 0.130. The highest BCUT2D eigenvalue weighted by Gasteiger charge is 2.12. The Balaban J connectivity index is 0.000000322. The zero-order chi connectivity index (χ0) is 58.9. The van der Waals surface area contributed by atoms with Gasteiger partial charge in [-0.2, -0.15) is 24.9 Å². The van der Waals surface area contributed by atoms with Gasteiger partial charge in [0.1, 0.15) is 29.0 Å². The van der Waals surface area contributed by atoms with E-state index in [1.54, 1.807) is 37.4 Å². The van der Waals surface area contributed by atoms with Crippen LogP contribution in [-0.2, 0) is 0 Å². The van der Waals surface area contributed by atoms with Crippen LogP contribution in [0.15, 0.2) is 79.0 Å². The molecule has 0 saturated carbocycles. The number of hydrogen-bond donors (Lipinski definition) is 11. The molecular weight excluding hydrogens is 1040 g/mol. The molecule has 11 N–H and O–H groups in total. The van der Waals surface area contributed by atoms with E-state index in [2.05, 4.69) is 111 Å². The van der Waals surface area contributed by atoms with Crippen LogP contribution in [0.4, 0.5) is 41.0 Å². The molecule has 0 spiro atoms. The number of anilines is 7. The van der Waals surface area contributed by atoms with Gasteiger partial charge in [0, 0.05) is 49.7 Å². The van der Waals surface area contributed by atoms with E-state index in [4.69, 9.17) is 34.6 Å². The lowest BCUT2D eigenvalue weighted by Crippen LogP contribution is -2.22. The second-order valence-electron chi connectivity index (χ2n) is 18.9. The van der Waals surface area contributed by atoms with Crippen molar-refractivity contribution in [3.8, 4) is 23.4 Å². The maximum Gasteiger partial charge on any atom is 0.318 e. The second-order valence-corrected chi connectivity index (χ2v) is 18.9. The molecule has 0 fully saturated rings. The van der Waals surface area contributed by atoms with E-state index >= 15 is 0 Å². The first kappa shape index (κ1) is 67.7. The predicted octanol–water partition coefficient (Wildman–Crippen LogP) is 12.7. The predicted molar refractivity (Wildman–Crippen MR) is 318 cm³/mol. The molecule has 0 aliphatic carbocycles. The lowest BCUT2D eigenvalue weighted by atomic mass is 10.1. The Labute approximate surface area is 478 Å². The van der Waals surface area contributed by atoms with Crippen molar-refractivity contribution in [2.75, 3.05) is 83.7 Å². The molecule has 0 atom stereocenters. The van der Waals surface area contributed by atoms with Crippen LogP contribution in [-0.4, -0.2) is 107 Å². The average molecular weight is 1130 g/mol. The zero-order valence-corrected chi connectivity index (χ0v) is 48.8. The molecule has 0 saturated heterocycles. The molecule has 2 aromatic carbocycles. The molecule has 6 aromatic rings. The first-order valence-electron chi connectivity index (χ1n) is 28.1. The number of pyridine rings is 1. The number of hydrogen-bond acceptors (Lipinski definition) is 23. The SMILES string of the molecule is CCCCCCCCOc1cc(NO)nc(N(O)CCCCCCCC)n1.CCOc1nc(C)cc(NO)n1.Cc1ccc(OCCCNc2cc(NCCCOc3ccc(C)cc3C)nc(NO)n2)c(C)c1.ONc1ccccn1. The number of nitrogens with zero attached hydrogens (tertiary/aromatic N) is 8. The summed E-state index contributed by atoms with van der Waals surface area (Å²) in [5.74, 6) is 4.69. The van der Waals surface area contributed by atoms with Gasteiger partial charge in [-0.05, 0) is 103 Å². The van der Waals surface area contributed by atoms with Crippen LogP contribution in [0.2, 0.25) is 0 Å². The van der Waals surface area contributed by atoms with Gasteiger partial charge in [-0.25, -0.2) is 20.5 Å². The van der Waals surface area contributed by atoms with Crippen LogP contribution in [0, 0.1) is 34.6 Å². The minimum absolute atomic E-state index is 0.130. The third-order valence-corrected chi connectivity index (χ3v) is 11.8. The molecule has 6 rings (SSSR count). The number of aromatic nitrogens is 7. The molecule has 4 heterocycles. The van der Waals surface area contributed by atoms with E-state index < -0.39 is 0 Å². The molecule has 446 valence electrons. The fourth-order valence-electron chi connectivity index (χ4n) is 7.62. The Kier molecular flexibility index (Phi) is 34.6. The van der Waals surface area contributed by atoms with Crippen molar-refractivity contribution >= 4 is 41.0 Å². The third kappa shape index (κ3) is 29.5. The van der Waals surface area contributed by atoms with Crippen molar-refractivity contribution in [2.24, 2.45) is 0 Å². The van der Waals surface area contributed by atoms with Crippen LogP contribution in [0.3, 0.4) is 0 Å². The molecule has 0 aliphatic heterocycles. The molecule has 0 amide bonds. The molecule has 0 radical (unpaired) electrons. The van der Waals surface area contributed by atoms with Gasteiger partial charge in [0.15, 0.2) is 11.6 Å². The second kappa shape index (κ2) is 41.4. The van der Waals surface area contributed by atoms with Gasteiger partial charge in [0.05, 0.1) is 26.4 Å². The summed E-state index contributed by atoms with van der Waals surface area (Å²) in [6, 6.07) is 22.8. The van der Waals surface area contributed by atoms with Crippen molar-refractivity contribution in [1.82, 2.24) is 34.9 Å². The van der Waals surface area contributed by atoms with Gasteiger partial charge in [-0.3, -0.25) is 42.5 Å². The summed E-state index contributed by atoms with van der Waals surface area (Å²) >= 11 is 0. The zero-order valence-electron chi connectivity index (χ0n) is 48.8. The van der Waals surface area contributed by atoms with Gasteiger partial charge in [-0.15, -0.1) is 0 Å². The highest BCUT2D eigenvalue weighted by Crippen LogP contribution is 2.22. The van der Waals surface area contributed by atoms with Crippen LogP contribution in [0.25, 0.3) is 0 Å². The van der Waals surface area contributed by atoms with Gasteiger partial charge < -0.3 is 29.6 Å². The van der Waals surface area contributed by atoms with E-state index in [1.807, 2.05) is 47.0 Å². The third-order valence-electron chi connectivity index (χ3n) is 11.8. The number of rotatable bonds is 34. The fourth-order valence-corrected chi connectivity index (χ4v) is 7.62. The highest BCUT2D eigenvalue weighted by atomic mass is 16.5. The number of aryl methyl sites for hydroxylation is 5. The first-order valence-corrected chi connectivity index (χ1v) is 28.1. The summed E-state index contributed by atoms with van der Waals surface area (Å²) in [6.45, 7) is 20.4. The number of nitrogens with one attached hydrogen (secondary N) is 6. The van der Waals surface area contributed by atoms with Crippen molar-refractivity contribution in [2.45, 2.75) is 145 Å². The van der Waals surface area contributed by atoms with Crippen molar-refractivity contribution in [3.05, 3.63) is 107 Å². The number of ether oxygens (including phenoxy) is 4. The van der Waals surface area contributed by atoms with E-state index in [-0.39, 0.29) is 23.7 Å². The Morgan fingerprint density at radius 1 is 0.469 bits per heavy atom. The topological polar surface area (TPSA) is 304 Å². The molecule has 0 bridgehead atoms. The highest BCUT2D eigenvalue weighted by molar-refractivity contribution is 5.52. The summed E-state index contributed by atoms with van der Waals surface area (Å²) in [6.07, 6.45) is 17.1. The Hall–Kier alpha value is -7.57. The van der Waals surface area contributed by atoms with Crippen molar-refractivity contribution < 1.29 is 45.0 Å². The fraction of sp³-hybridized carbons (Fsp3) is 0.500. The monoisotopic (exact) mass is 1130 g/mol. The molecule has 23 heteroatoms. The molecule has 4 aromatic heterocycles. The summed E-state index contributed by atoms with van der Waals surface area (Å²) in [7, 11) is 0.